The van der Waals surface area contributed by atoms with E-state index in [0.29, 0.717) is 26.3 Å². The Bertz CT molecular complexity index is 859. The van der Waals surface area contributed by atoms with Gasteiger partial charge in [0.05, 0.1) is 25.9 Å². The Morgan fingerprint density at radius 3 is 2.53 bits per heavy atom. The Labute approximate surface area is 191 Å². The number of carbonyl (C=O) groups is 1. The first-order valence-corrected chi connectivity index (χ1v) is 11.4. The third kappa shape index (κ3) is 7.52. The van der Waals surface area contributed by atoms with E-state index in [4.69, 9.17) is 19.2 Å². The molecule has 1 aliphatic heterocycles. The summed E-state index contributed by atoms with van der Waals surface area (Å²) in [4.78, 5) is 19.1. The fourth-order valence-corrected chi connectivity index (χ4v) is 4.00. The van der Waals surface area contributed by atoms with Crippen LogP contribution in [0.25, 0.3) is 0 Å². The maximum absolute atomic E-state index is 12.7. The van der Waals surface area contributed by atoms with E-state index in [-0.39, 0.29) is 18.1 Å². The third-order valence-corrected chi connectivity index (χ3v) is 5.29. The minimum Gasteiger partial charge on any atom is -0.494 e. The van der Waals surface area contributed by atoms with Crippen LogP contribution in [-0.2, 0) is 15.9 Å². The number of benzene rings is 1. The molecule has 1 aromatic heterocycles. The molecule has 1 aromatic carbocycles. The summed E-state index contributed by atoms with van der Waals surface area (Å²) in [6, 6.07) is 14.0. The van der Waals surface area contributed by atoms with Gasteiger partial charge in [0.15, 0.2) is 0 Å². The first-order chi connectivity index (χ1) is 15.2. The van der Waals surface area contributed by atoms with Crippen molar-refractivity contribution in [3.05, 3.63) is 59.4 Å². The van der Waals surface area contributed by atoms with Gasteiger partial charge in [-0.25, -0.2) is 4.79 Å². The van der Waals surface area contributed by atoms with Crippen LogP contribution in [0.1, 0.15) is 44.1 Å². The number of amides is 1. The average Bonchev–Trinajstić information content (AvgIpc) is 3.09. The normalized spacial score (nSPS) is 18.6. The van der Waals surface area contributed by atoms with E-state index < -0.39 is 5.60 Å². The number of para-hydroxylation sites is 1. The average molecular weight is 441 g/mol. The highest BCUT2D eigenvalue weighted by Gasteiger charge is 2.38. The first kappa shape index (κ1) is 24.1. The number of likely N-dealkylation sites (tertiary alicyclic amines) is 1. The quantitative estimate of drug-likeness (QED) is 0.543. The maximum atomic E-state index is 12.7. The molecule has 0 aliphatic carbocycles. The summed E-state index contributed by atoms with van der Waals surface area (Å²) in [6.45, 7) is 12.1. The zero-order valence-corrected chi connectivity index (χ0v) is 20.0. The van der Waals surface area contributed by atoms with Gasteiger partial charge in [-0.05, 0) is 70.9 Å². The lowest BCUT2D eigenvalue weighted by Crippen LogP contribution is -2.36. The Hall–Kier alpha value is -2.60. The molecule has 6 heteroatoms. The van der Waals surface area contributed by atoms with Crippen molar-refractivity contribution in [2.24, 2.45) is 5.92 Å². The maximum Gasteiger partial charge on any atom is 0.410 e. The van der Waals surface area contributed by atoms with Crippen LogP contribution in [0.3, 0.4) is 0 Å². The van der Waals surface area contributed by atoms with Gasteiger partial charge in [0.25, 0.3) is 0 Å². The molecule has 0 N–H and O–H groups in total. The SMILES string of the molecule is Cc1cc(C)nc(C[C@@H]2CN(C(=O)OC(C)(C)C)C[C@@H]2OCCCOc2ccccc2)c1. The van der Waals surface area contributed by atoms with Crippen molar-refractivity contribution in [1.82, 2.24) is 9.88 Å². The highest BCUT2D eigenvalue weighted by molar-refractivity contribution is 5.68. The molecule has 1 amide bonds. The molecule has 3 rings (SSSR count). The topological polar surface area (TPSA) is 60.9 Å². The predicted octanol–water partition coefficient (Wildman–Crippen LogP) is 4.96. The van der Waals surface area contributed by atoms with Gasteiger partial charge in [-0.2, -0.15) is 0 Å². The Kier molecular flexibility index (Phi) is 8.13. The van der Waals surface area contributed by atoms with Crippen molar-refractivity contribution in [3.63, 3.8) is 0 Å². The van der Waals surface area contributed by atoms with E-state index in [1.807, 2.05) is 58.0 Å². The molecule has 32 heavy (non-hydrogen) atoms. The third-order valence-electron chi connectivity index (χ3n) is 5.29. The minimum absolute atomic E-state index is 0.0538. The van der Waals surface area contributed by atoms with Gasteiger partial charge in [-0.15, -0.1) is 0 Å². The molecule has 2 atom stereocenters. The van der Waals surface area contributed by atoms with Crippen LogP contribution in [0.4, 0.5) is 4.79 Å². The minimum atomic E-state index is -0.518. The number of rotatable bonds is 8. The summed E-state index contributed by atoms with van der Waals surface area (Å²) in [5, 5.41) is 0. The second-order valence-corrected chi connectivity index (χ2v) is 9.55. The molecule has 1 fully saturated rings. The van der Waals surface area contributed by atoms with Crippen molar-refractivity contribution < 1.29 is 19.0 Å². The van der Waals surface area contributed by atoms with Gasteiger partial charge in [0.1, 0.15) is 11.4 Å². The Morgan fingerprint density at radius 1 is 1.09 bits per heavy atom. The van der Waals surface area contributed by atoms with Crippen LogP contribution < -0.4 is 4.74 Å². The molecule has 0 radical (unpaired) electrons. The summed E-state index contributed by atoms with van der Waals surface area (Å²) in [7, 11) is 0. The van der Waals surface area contributed by atoms with Crippen LogP contribution in [0, 0.1) is 19.8 Å². The van der Waals surface area contributed by atoms with E-state index in [1.54, 1.807) is 4.90 Å². The van der Waals surface area contributed by atoms with Gasteiger partial charge in [0, 0.05) is 30.3 Å². The summed E-state index contributed by atoms with van der Waals surface area (Å²) < 4.78 is 17.6. The number of hydrogen-bond donors (Lipinski definition) is 0. The van der Waals surface area contributed by atoms with Gasteiger partial charge in [-0.3, -0.25) is 4.98 Å². The zero-order valence-electron chi connectivity index (χ0n) is 20.0. The van der Waals surface area contributed by atoms with Gasteiger partial charge < -0.3 is 19.1 Å². The van der Waals surface area contributed by atoms with Crippen molar-refractivity contribution in [2.45, 2.75) is 59.2 Å². The number of hydrogen-bond acceptors (Lipinski definition) is 5. The van der Waals surface area contributed by atoms with Gasteiger partial charge in [0.2, 0.25) is 0 Å². The molecule has 2 heterocycles. The summed E-state index contributed by atoms with van der Waals surface area (Å²) in [5.74, 6) is 1.04. The molecule has 0 bridgehead atoms. The molecule has 0 unspecified atom stereocenters. The van der Waals surface area contributed by atoms with E-state index in [9.17, 15) is 4.79 Å². The van der Waals surface area contributed by atoms with E-state index in [1.165, 1.54) is 5.56 Å². The second-order valence-electron chi connectivity index (χ2n) is 9.55. The van der Waals surface area contributed by atoms with Gasteiger partial charge in [-0.1, -0.05) is 18.2 Å². The molecule has 0 spiro atoms. The molecule has 174 valence electrons. The molecule has 0 saturated carbocycles. The molecular formula is C26H36N2O4. The molecule has 6 nitrogen and oxygen atoms in total. The first-order valence-electron chi connectivity index (χ1n) is 11.4. The number of nitrogens with zero attached hydrogens (tertiary/aromatic N) is 2. The fraction of sp³-hybridized carbons (Fsp3) is 0.538. The number of pyridine rings is 1. The summed E-state index contributed by atoms with van der Waals surface area (Å²) in [6.07, 6.45) is 1.22. The van der Waals surface area contributed by atoms with Crippen LogP contribution in [0.2, 0.25) is 0 Å². The van der Waals surface area contributed by atoms with E-state index in [2.05, 4.69) is 19.1 Å². The Morgan fingerprint density at radius 2 is 1.84 bits per heavy atom. The zero-order chi connectivity index (χ0) is 23.1. The highest BCUT2D eigenvalue weighted by Crippen LogP contribution is 2.26. The van der Waals surface area contributed by atoms with Gasteiger partial charge >= 0.3 is 6.09 Å². The lowest BCUT2D eigenvalue weighted by atomic mass is 9.98. The molecule has 1 saturated heterocycles. The monoisotopic (exact) mass is 440 g/mol. The van der Waals surface area contributed by atoms with Crippen LogP contribution >= 0.6 is 0 Å². The van der Waals surface area contributed by atoms with Crippen molar-refractivity contribution in [1.29, 1.82) is 0 Å². The lowest BCUT2D eigenvalue weighted by Gasteiger charge is -2.24. The van der Waals surface area contributed by atoms with Crippen molar-refractivity contribution in [2.75, 3.05) is 26.3 Å². The number of aryl methyl sites for hydroxylation is 2. The predicted molar refractivity (Wildman–Crippen MR) is 125 cm³/mol. The smallest absolute Gasteiger partial charge is 0.410 e. The second kappa shape index (κ2) is 10.8. The summed E-state index contributed by atoms with van der Waals surface area (Å²) in [5.41, 5.74) is 2.73. The number of aromatic nitrogens is 1. The largest absolute Gasteiger partial charge is 0.494 e. The molecule has 2 aromatic rings. The molecule has 1 aliphatic rings. The highest BCUT2D eigenvalue weighted by atomic mass is 16.6. The van der Waals surface area contributed by atoms with Crippen LogP contribution in [0.15, 0.2) is 42.5 Å². The van der Waals surface area contributed by atoms with E-state index in [0.717, 1.165) is 30.0 Å². The molecular weight excluding hydrogens is 404 g/mol. The summed E-state index contributed by atoms with van der Waals surface area (Å²) >= 11 is 0. The lowest BCUT2D eigenvalue weighted by molar-refractivity contribution is 0.0154. The van der Waals surface area contributed by atoms with Crippen LogP contribution in [0.5, 0.6) is 5.75 Å². The number of ether oxygens (including phenoxy) is 3. The van der Waals surface area contributed by atoms with Crippen molar-refractivity contribution in [3.8, 4) is 5.75 Å². The standard InChI is InChI=1S/C26H36N2O4/c1-19-14-20(2)27-22(15-19)16-21-17-28(25(29)32-26(3,4)5)18-24(21)31-13-9-12-30-23-10-7-6-8-11-23/h6-8,10-11,14-15,21,24H,9,12-13,16-18H2,1-5H3/t21-,24+/m1/s1. The fourth-order valence-electron chi connectivity index (χ4n) is 4.00. The van der Waals surface area contributed by atoms with E-state index >= 15 is 0 Å². The number of carbonyl (C=O) groups excluding carboxylic acids is 1. The van der Waals surface area contributed by atoms with Crippen LogP contribution in [-0.4, -0.2) is 54.0 Å². The Balaban J connectivity index is 1.58. The van der Waals surface area contributed by atoms with Crippen molar-refractivity contribution >= 4 is 6.09 Å².